The van der Waals surface area contributed by atoms with E-state index < -0.39 is 30.0 Å². The first-order valence-electron chi connectivity index (χ1n) is 12.5. The van der Waals surface area contributed by atoms with Crippen LogP contribution < -0.4 is 4.90 Å². The Kier molecular flexibility index (Phi) is 6.87. The molecule has 204 valence electrons. The van der Waals surface area contributed by atoms with Crippen molar-refractivity contribution in [2.45, 2.75) is 39.3 Å². The van der Waals surface area contributed by atoms with E-state index >= 15 is 0 Å². The van der Waals surface area contributed by atoms with Gasteiger partial charge in [-0.25, -0.2) is 27.9 Å². The standard InChI is InChI=1S/C27H28F3N7O2/c1-16-12-35(7-8-36(16)26(38)39-27(3,4)14-28)24-22-21(23-17(2)31-5-6-32-23)13-37(25(22)34-15-33-24)20-10-18(29)9-19(30)11-20/h5-6,9-11,13,15-16H,7-8,12,14H2,1-4H3/t16-/m1/s1. The topological polar surface area (TPSA) is 89.3 Å². The highest BCUT2D eigenvalue weighted by atomic mass is 19.1. The number of carbonyl (C=O) groups is 1. The fourth-order valence-electron chi connectivity index (χ4n) is 4.76. The number of nitrogens with zero attached hydrogens (tertiary/aromatic N) is 7. The average Bonchev–Trinajstić information content (AvgIpc) is 3.28. The number of fused-ring (bicyclic) bond motifs is 1. The lowest BCUT2D eigenvalue weighted by Crippen LogP contribution is -2.55. The van der Waals surface area contributed by atoms with E-state index in [0.717, 1.165) is 6.07 Å². The van der Waals surface area contributed by atoms with Gasteiger partial charge in [0.25, 0.3) is 0 Å². The Morgan fingerprint density at radius 3 is 2.46 bits per heavy atom. The molecule has 0 N–H and O–H groups in total. The SMILES string of the molecule is Cc1nccnc1-c1cn(-c2cc(F)cc(F)c2)c2ncnc(N3CCN(C(=O)OC(C)(C)CF)[C@H](C)C3)c12. The summed E-state index contributed by atoms with van der Waals surface area (Å²) in [4.78, 5) is 34.3. The van der Waals surface area contributed by atoms with Crippen LogP contribution in [0.1, 0.15) is 26.5 Å². The summed E-state index contributed by atoms with van der Waals surface area (Å²) in [5.74, 6) is -0.850. The van der Waals surface area contributed by atoms with Crippen LogP contribution >= 0.6 is 0 Å². The summed E-state index contributed by atoms with van der Waals surface area (Å²) < 4.78 is 48.5. The van der Waals surface area contributed by atoms with Gasteiger partial charge in [0.15, 0.2) is 5.65 Å². The molecule has 1 aliphatic heterocycles. The molecule has 0 radical (unpaired) electrons. The van der Waals surface area contributed by atoms with Gasteiger partial charge in [0, 0.05) is 55.9 Å². The van der Waals surface area contributed by atoms with E-state index in [1.54, 1.807) is 28.1 Å². The van der Waals surface area contributed by atoms with Crippen molar-refractivity contribution in [1.82, 2.24) is 29.4 Å². The molecular formula is C27H28F3N7O2. The second-order valence-corrected chi connectivity index (χ2v) is 10.2. The van der Waals surface area contributed by atoms with E-state index in [9.17, 15) is 18.0 Å². The second kappa shape index (κ2) is 10.2. The van der Waals surface area contributed by atoms with E-state index in [2.05, 4.69) is 19.9 Å². The number of carbonyl (C=O) groups excluding carboxylic acids is 1. The van der Waals surface area contributed by atoms with Crippen LogP contribution in [0.15, 0.2) is 43.1 Å². The van der Waals surface area contributed by atoms with Gasteiger partial charge in [-0.1, -0.05) is 0 Å². The second-order valence-electron chi connectivity index (χ2n) is 10.2. The number of aromatic nitrogens is 5. The normalized spacial score (nSPS) is 16.1. The van der Waals surface area contributed by atoms with E-state index in [4.69, 9.17) is 4.74 Å². The number of halogens is 3. The number of anilines is 1. The zero-order valence-corrected chi connectivity index (χ0v) is 22.0. The van der Waals surface area contributed by atoms with Gasteiger partial charge in [-0.15, -0.1) is 0 Å². The summed E-state index contributed by atoms with van der Waals surface area (Å²) in [5.41, 5.74) is 1.37. The Labute approximate surface area is 223 Å². The molecule has 3 aromatic heterocycles. The molecule has 0 bridgehead atoms. The summed E-state index contributed by atoms with van der Waals surface area (Å²) in [5, 5.41) is 0.632. The first-order chi connectivity index (χ1) is 18.6. The maximum absolute atomic E-state index is 14.2. The Morgan fingerprint density at radius 2 is 1.79 bits per heavy atom. The third kappa shape index (κ3) is 5.10. The predicted octanol–water partition coefficient (Wildman–Crippen LogP) is 4.86. The van der Waals surface area contributed by atoms with Crippen molar-refractivity contribution in [3.8, 4) is 16.9 Å². The molecule has 1 aromatic carbocycles. The van der Waals surface area contributed by atoms with Crippen LogP contribution in [0, 0.1) is 18.6 Å². The molecule has 0 spiro atoms. The monoisotopic (exact) mass is 539 g/mol. The molecule has 4 heterocycles. The average molecular weight is 540 g/mol. The highest BCUT2D eigenvalue weighted by molar-refractivity contribution is 6.02. The van der Waals surface area contributed by atoms with E-state index in [1.165, 1.54) is 32.3 Å². The largest absolute Gasteiger partial charge is 0.441 e. The lowest BCUT2D eigenvalue weighted by atomic mass is 10.1. The van der Waals surface area contributed by atoms with Gasteiger partial charge >= 0.3 is 6.09 Å². The van der Waals surface area contributed by atoms with Crippen molar-refractivity contribution < 1.29 is 22.7 Å². The van der Waals surface area contributed by atoms with Gasteiger partial charge < -0.3 is 19.1 Å². The molecule has 1 atom stereocenters. The molecule has 0 unspecified atom stereocenters. The molecule has 1 saturated heterocycles. The molecule has 1 amide bonds. The van der Waals surface area contributed by atoms with Gasteiger partial charge in [0.2, 0.25) is 0 Å². The molecule has 1 fully saturated rings. The summed E-state index contributed by atoms with van der Waals surface area (Å²) in [6, 6.07) is 2.99. The van der Waals surface area contributed by atoms with Crippen molar-refractivity contribution in [3.05, 3.63) is 60.4 Å². The lowest BCUT2D eigenvalue weighted by molar-refractivity contribution is -0.00783. The van der Waals surface area contributed by atoms with Crippen molar-refractivity contribution in [3.63, 3.8) is 0 Å². The molecular weight excluding hydrogens is 511 g/mol. The fraction of sp³-hybridized carbons (Fsp3) is 0.370. The van der Waals surface area contributed by atoms with Gasteiger partial charge in [-0.05, 0) is 39.8 Å². The minimum absolute atomic E-state index is 0.256. The minimum atomic E-state index is -1.21. The van der Waals surface area contributed by atoms with Gasteiger partial charge in [-0.2, -0.15) is 0 Å². The maximum atomic E-state index is 14.2. The Balaban J connectivity index is 1.59. The maximum Gasteiger partial charge on any atom is 0.410 e. The van der Waals surface area contributed by atoms with Gasteiger partial charge in [-0.3, -0.25) is 9.97 Å². The molecule has 9 nitrogen and oxygen atoms in total. The van der Waals surface area contributed by atoms with E-state index in [1.807, 2.05) is 18.7 Å². The molecule has 0 saturated carbocycles. The Hall–Kier alpha value is -4.22. The van der Waals surface area contributed by atoms with E-state index in [0.29, 0.717) is 53.4 Å². The number of alkyl halides is 1. The van der Waals surface area contributed by atoms with Crippen molar-refractivity contribution in [1.29, 1.82) is 0 Å². The quantitative estimate of drug-likeness (QED) is 0.358. The van der Waals surface area contributed by atoms with Crippen LogP contribution in [0.4, 0.5) is 23.8 Å². The predicted molar refractivity (Wildman–Crippen MR) is 139 cm³/mol. The number of rotatable bonds is 5. The van der Waals surface area contributed by atoms with Gasteiger partial charge in [0.05, 0.1) is 22.5 Å². The third-order valence-electron chi connectivity index (χ3n) is 6.67. The third-order valence-corrected chi connectivity index (χ3v) is 6.67. The number of piperazine rings is 1. The molecule has 5 rings (SSSR count). The number of amides is 1. The summed E-state index contributed by atoms with van der Waals surface area (Å²) in [7, 11) is 0. The highest BCUT2D eigenvalue weighted by Gasteiger charge is 2.34. The number of ether oxygens (including phenoxy) is 1. The van der Waals surface area contributed by atoms with Crippen LogP contribution in [0.5, 0.6) is 0 Å². The summed E-state index contributed by atoms with van der Waals surface area (Å²) in [6.07, 6.45) is 5.70. The summed E-state index contributed by atoms with van der Waals surface area (Å²) >= 11 is 0. The van der Waals surface area contributed by atoms with Crippen LogP contribution in [-0.4, -0.2) is 73.4 Å². The summed E-state index contributed by atoms with van der Waals surface area (Å²) in [6.45, 7) is 7.11. The zero-order chi connectivity index (χ0) is 27.9. The van der Waals surface area contributed by atoms with E-state index in [-0.39, 0.29) is 11.7 Å². The molecule has 1 aliphatic rings. The van der Waals surface area contributed by atoms with Crippen LogP contribution in [0.3, 0.4) is 0 Å². The Morgan fingerprint density at radius 1 is 1.08 bits per heavy atom. The molecule has 39 heavy (non-hydrogen) atoms. The number of aryl methyl sites for hydroxylation is 1. The van der Waals surface area contributed by atoms with Crippen molar-refractivity contribution in [2.24, 2.45) is 0 Å². The van der Waals surface area contributed by atoms with Gasteiger partial charge in [0.1, 0.15) is 36.1 Å². The minimum Gasteiger partial charge on any atom is -0.441 e. The van der Waals surface area contributed by atoms with Crippen LogP contribution in [-0.2, 0) is 4.74 Å². The lowest BCUT2D eigenvalue weighted by Gasteiger charge is -2.41. The van der Waals surface area contributed by atoms with Crippen molar-refractivity contribution >= 4 is 22.9 Å². The molecule has 12 heteroatoms. The van der Waals surface area contributed by atoms with Crippen molar-refractivity contribution in [2.75, 3.05) is 31.2 Å². The smallest absolute Gasteiger partial charge is 0.410 e. The zero-order valence-electron chi connectivity index (χ0n) is 22.0. The number of hydrogen-bond donors (Lipinski definition) is 0. The molecule has 0 aliphatic carbocycles. The number of hydrogen-bond acceptors (Lipinski definition) is 7. The first-order valence-corrected chi connectivity index (χ1v) is 12.5. The number of benzene rings is 1. The van der Waals surface area contributed by atoms with Crippen LogP contribution in [0.2, 0.25) is 0 Å². The first kappa shape index (κ1) is 26.4. The van der Waals surface area contributed by atoms with Crippen LogP contribution in [0.25, 0.3) is 28.0 Å². The highest BCUT2D eigenvalue weighted by Crippen LogP contribution is 2.37. The molecule has 4 aromatic rings. The fourth-order valence-corrected chi connectivity index (χ4v) is 4.76. The Bertz CT molecular complexity index is 1520.